The van der Waals surface area contributed by atoms with E-state index in [1.165, 1.54) is 101 Å². The van der Waals surface area contributed by atoms with Gasteiger partial charge in [0.05, 0.1) is 0 Å². The van der Waals surface area contributed by atoms with Gasteiger partial charge in [0.2, 0.25) is 0 Å². The number of rotatable bonds is 2. The molecule has 0 nitrogen and oxygen atoms in total. The van der Waals surface area contributed by atoms with Crippen LogP contribution in [-0.4, -0.2) is 19.0 Å². The molecule has 0 aromatic heterocycles. The minimum Gasteiger partial charge on any atom is -0.173 e. The summed E-state index contributed by atoms with van der Waals surface area (Å²) in [6.45, 7) is 26.7. The minimum absolute atomic E-state index is 0.199. The second-order valence-corrected chi connectivity index (χ2v) is 21.0. The molecule has 4 aliphatic carbocycles. The normalized spacial score (nSPS) is 29.4. The summed E-state index contributed by atoms with van der Waals surface area (Å²) in [6.07, 6.45) is 22.4. The lowest BCUT2D eigenvalue weighted by atomic mass is 9.76. The summed E-state index contributed by atoms with van der Waals surface area (Å²) in [5, 5.41) is 0. The average Bonchev–Trinajstić information content (AvgIpc) is 2.89. The Kier molecular flexibility index (Phi) is 18.1. The molecule has 0 radical (unpaired) electrons. The van der Waals surface area contributed by atoms with Crippen LogP contribution in [0.3, 0.4) is 0 Å². The van der Waals surface area contributed by atoms with E-state index in [0.717, 1.165) is 11.8 Å². The van der Waals surface area contributed by atoms with E-state index in [0.29, 0.717) is 4.75 Å². The van der Waals surface area contributed by atoms with Crippen molar-refractivity contribution in [1.29, 1.82) is 0 Å². The molecule has 1 atom stereocenters. The molecular weight excluding hydrogens is 609 g/mol. The van der Waals surface area contributed by atoms with Crippen molar-refractivity contribution < 1.29 is 0 Å². The molecule has 0 aliphatic heterocycles. The van der Waals surface area contributed by atoms with Crippen LogP contribution in [0, 0.1) is 11.8 Å². The molecule has 0 aromatic carbocycles. The van der Waals surface area contributed by atoms with E-state index >= 15 is 0 Å². The fraction of sp³-hybridized carbons (Fsp3) is 0.800. The van der Waals surface area contributed by atoms with Gasteiger partial charge in [-0.15, -0.1) is 0 Å². The first-order valence-corrected chi connectivity index (χ1v) is 19.3. The van der Waals surface area contributed by atoms with Crippen LogP contribution in [0.1, 0.15) is 173 Å². The molecule has 44 heavy (non-hydrogen) atoms. The summed E-state index contributed by atoms with van der Waals surface area (Å²) in [6, 6.07) is 0. The van der Waals surface area contributed by atoms with Gasteiger partial charge in [-0.2, -0.15) is 50.5 Å². The lowest BCUT2D eigenvalue weighted by Gasteiger charge is -2.39. The Bertz CT molecular complexity index is 977. The third-order valence-electron chi connectivity index (χ3n) is 10.6. The second-order valence-electron chi connectivity index (χ2n) is 16.6. The maximum absolute atomic E-state index is 4.63. The van der Waals surface area contributed by atoms with E-state index in [9.17, 15) is 0 Å². The van der Waals surface area contributed by atoms with E-state index in [1.54, 1.807) is 22.3 Å². The van der Waals surface area contributed by atoms with Crippen LogP contribution in [0.4, 0.5) is 0 Å². The van der Waals surface area contributed by atoms with Crippen LogP contribution < -0.4 is 0 Å². The second kappa shape index (κ2) is 18.8. The summed E-state index contributed by atoms with van der Waals surface area (Å²) in [4.78, 5) is 0. The molecule has 256 valence electrons. The highest BCUT2D eigenvalue weighted by molar-refractivity contribution is 7.82. The summed E-state index contributed by atoms with van der Waals surface area (Å²) in [7, 11) is 0. The standard InChI is InChI=1S/C10H20S2.2C10H18S.C10H16/c1-9(2,11)8-4-6-10(3,12)7-5-8;1-8-4-6-9(7-5-8)10(2,3)11;1-8(2)9-4-6-10(3,11)7-5-9;1-8(2)10-6-4-9(3)5-7-10/h8,11-12H,4-7H2,1-3H3;4,9,11H,5-7H2,1-3H3;11H,4-7H2,1-3H3;4H,5-7H2,1-3H3. The Labute approximate surface area is 298 Å². The smallest absolute Gasteiger partial charge is 0.0107 e. The molecule has 0 bridgehead atoms. The molecule has 0 aromatic rings. The largest absolute Gasteiger partial charge is 0.173 e. The van der Waals surface area contributed by atoms with Gasteiger partial charge in [0, 0.05) is 19.0 Å². The molecule has 0 heterocycles. The van der Waals surface area contributed by atoms with Crippen LogP contribution in [0.25, 0.3) is 0 Å². The van der Waals surface area contributed by atoms with Crippen LogP contribution in [0.2, 0.25) is 0 Å². The van der Waals surface area contributed by atoms with Gasteiger partial charge in [0.25, 0.3) is 0 Å². The molecule has 2 saturated carbocycles. The third-order valence-corrected chi connectivity index (χ3v) is 12.2. The van der Waals surface area contributed by atoms with Gasteiger partial charge in [-0.25, -0.2) is 0 Å². The topological polar surface area (TPSA) is 0 Å². The summed E-state index contributed by atoms with van der Waals surface area (Å²) < 4.78 is 0.996. The van der Waals surface area contributed by atoms with Crippen molar-refractivity contribution >= 4 is 50.5 Å². The molecule has 4 rings (SSSR count). The van der Waals surface area contributed by atoms with Gasteiger partial charge in [-0.3, -0.25) is 0 Å². The first-order chi connectivity index (χ1) is 20.0. The Morgan fingerprint density at radius 3 is 1.43 bits per heavy atom. The predicted molar refractivity (Wildman–Crippen MR) is 217 cm³/mol. The summed E-state index contributed by atoms with van der Waals surface area (Å²) in [5.41, 5.74) is 9.46. The molecule has 2 fully saturated rings. The fourth-order valence-corrected chi connectivity index (χ4v) is 7.42. The zero-order valence-electron chi connectivity index (χ0n) is 31.0. The molecule has 4 heteroatoms. The SMILES string of the molecule is CC(C)=C1CCC(C)(S)CC1.CC1(S)CCC(C(C)(C)S)CC1.CC1=CCC(=C(C)C)CC1.CC1=CCC(C(C)(C)S)CC1. The van der Waals surface area contributed by atoms with Crippen molar-refractivity contribution in [2.75, 3.05) is 0 Å². The molecule has 0 saturated heterocycles. The lowest BCUT2D eigenvalue weighted by molar-refractivity contribution is 0.274. The monoisotopic (exact) mass is 680 g/mol. The highest BCUT2D eigenvalue weighted by Crippen LogP contribution is 2.42. The van der Waals surface area contributed by atoms with Gasteiger partial charge < -0.3 is 0 Å². The van der Waals surface area contributed by atoms with Crippen molar-refractivity contribution in [2.45, 2.75) is 192 Å². The zero-order valence-corrected chi connectivity index (χ0v) is 34.6. The molecule has 0 amide bonds. The molecule has 0 spiro atoms. The first kappa shape index (κ1) is 42.4. The quantitative estimate of drug-likeness (QED) is 0.162. The van der Waals surface area contributed by atoms with Crippen molar-refractivity contribution in [2.24, 2.45) is 11.8 Å². The third kappa shape index (κ3) is 17.5. The van der Waals surface area contributed by atoms with Crippen LogP contribution in [0.15, 0.2) is 45.6 Å². The maximum atomic E-state index is 4.63. The summed E-state index contributed by atoms with van der Waals surface area (Å²) in [5.74, 6) is 1.55. The molecule has 4 aliphatic rings. The van der Waals surface area contributed by atoms with E-state index in [1.807, 2.05) is 0 Å². The Hall–Kier alpha value is 0.360. The van der Waals surface area contributed by atoms with Crippen molar-refractivity contribution in [3.63, 3.8) is 0 Å². The highest BCUT2D eigenvalue weighted by atomic mass is 32.1. The number of thiol groups is 4. The zero-order chi connectivity index (χ0) is 33.9. The van der Waals surface area contributed by atoms with Gasteiger partial charge in [-0.05, 0) is 143 Å². The predicted octanol–water partition coefficient (Wildman–Crippen LogP) is 14.1. The van der Waals surface area contributed by atoms with Gasteiger partial charge >= 0.3 is 0 Å². The van der Waals surface area contributed by atoms with Crippen LogP contribution in [-0.2, 0) is 0 Å². The first-order valence-electron chi connectivity index (χ1n) is 17.5. The lowest BCUT2D eigenvalue weighted by Crippen LogP contribution is -2.33. The Morgan fingerprint density at radius 1 is 0.614 bits per heavy atom. The van der Waals surface area contributed by atoms with Crippen molar-refractivity contribution in [3.8, 4) is 0 Å². The maximum Gasteiger partial charge on any atom is 0.0107 e. The van der Waals surface area contributed by atoms with Gasteiger partial charge in [0.15, 0.2) is 0 Å². The van der Waals surface area contributed by atoms with E-state index in [-0.39, 0.29) is 14.2 Å². The van der Waals surface area contributed by atoms with E-state index < -0.39 is 0 Å². The molecule has 1 unspecified atom stereocenters. The Morgan fingerprint density at radius 2 is 1.07 bits per heavy atom. The number of hydrogen-bond donors (Lipinski definition) is 4. The molecule has 0 N–H and O–H groups in total. The van der Waals surface area contributed by atoms with Crippen molar-refractivity contribution in [1.82, 2.24) is 0 Å². The summed E-state index contributed by atoms with van der Waals surface area (Å²) >= 11 is 18.5. The van der Waals surface area contributed by atoms with Crippen LogP contribution in [0.5, 0.6) is 0 Å². The molecular formula is C40H72S4. The fourth-order valence-electron chi connectivity index (χ4n) is 6.45. The highest BCUT2D eigenvalue weighted by Gasteiger charge is 2.34. The number of hydrogen-bond acceptors (Lipinski definition) is 4. The average molecular weight is 681 g/mol. The van der Waals surface area contributed by atoms with Gasteiger partial charge in [0.1, 0.15) is 0 Å². The van der Waals surface area contributed by atoms with E-state index in [4.69, 9.17) is 0 Å². The van der Waals surface area contributed by atoms with Crippen molar-refractivity contribution in [3.05, 3.63) is 45.6 Å². The van der Waals surface area contributed by atoms with Gasteiger partial charge in [-0.1, -0.05) is 87.1 Å². The number of allylic oxidation sites excluding steroid dienone is 8. The minimum atomic E-state index is 0.199. The van der Waals surface area contributed by atoms with Crippen LogP contribution >= 0.6 is 50.5 Å². The Balaban J connectivity index is 0.000000294. The van der Waals surface area contributed by atoms with E-state index in [2.05, 4.69) is 146 Å².